The molecule has 0 aliphatic heterocycles. The van der Waals surface area contributed by atoms with Crippen molar-refractivity contribution in [1.29, 1.82) is 0 Å². The summed E-state index contributed by atoms with van der Waals surface area (Å²) in [7, 11) is 2.80. The summed E-state index contributed by atoms with van der Waals surface area (Å²) in [5, 5.41) is 1.57. The topological polar surface area (TPSA) is 48.4 Å². The van der Waals surface area contributed by atoms with Crippen LogP contribution in [0.25, 0.3) is 22.2 Å². The number of nitrogens with zero attached hydrogens (tertiary/aromatic N) is 1. The van der Waals surface area contributed by atoms with Gasteiger partial charge in [0.05, 0.1) is 40.4 Å². The number of fused-ring (bicyclic) bond motifs is 1. The predicted octanol–water partition coefficient (Wildman–Crippen LogP) is 5.66. The van der Waals surface area contributed by atoms with Gasteiger partial charge in [0, 0.05) is 10.9 Å². The van der Waals surface area contributed by atoms with Gasteiger partial charge in [-0.1, -0.05) is 53.0 Å². The first-order valence-corrected chi connectivity index (χ1v) is 8.31. The van der Waals surface area contributed by atoms with Crippen LogP contribution >= 0.6 is 34.8 Å². The van der Waals surface area contributed by atoms with E-state index in [0.717, 1.165) is 0 Å². The van der Waals surface area contributed by atoms with Gasteiger partial charge in [0.25, 0.3) is 0 Å². The summed E-state index contributed by atoms with van der Waals surface area (Å²) in [5.74, 6) is -0.156. The number of esters is 1. The molecule has 3 aromatic rings. The van der Waals surface area contributed by atoms with Gasteiger partial charge < -0.3 is 9.47 Å². The van der Waals surface area contributed by atoms with Crippen molar-refractivity contribution in [3.8, 4) is 17.0 Å². The number of ether oxygens (including phenoxy) is 2. The van der Waals surface area contributed by atoms with E-state index in [1.165, 1.54) is 14.2 Å². The SMILES string of the molecule is COC(=O)c1ccccc1-c1nc2c(Cl)c(Cl)ccc2c(Cl)c1OC. The van der Waals surface area contributed by atoms with Gasteiger partial charge in [0.15, 0.2) is 5.75 Å². The van der Waals surface area contributed by atoms with Gasteiger partial charge in [-0.25, -0.2) is 9.78 Å². The third-order valence-corrected chi connectivity index (χ3v) is 4.90. The lowest BCUT2D eigenvalue weighted by molar-refractivity contribution is 0.0601. The van der Waals surface area contributed by atoms with E-state index in [0.29, 0.717) is 43.5 Å². The maximum Gasteiger partial charge on any atom is 0.338 e. The number of hydrogen-bond donors (Lipinski definition) is 0. The van der Waals surface area contributed by atoms with Gasteiger partial charge >= 0.3 is 5.97 Å². The third-order valence-electron chi connectivity index (χ3n) is 3.74. The maximum absolute atomic E-state index is 12.1. The van der Waals surface area contributed by atoms with Crippen LogP contribution in [0.1, 0.15) is 10.4 Å². The Morgan fingerprint density at radius 1 is 1.00 bits per heavy atom. The zero-order valence-electron chi connectivity index (χ0n) is 13.3. The van der Waals surface area contributed by atoms with Crippen LogP contribution in [0.4, 0.5) is 0 Å². The lowest BCUT2D eigenvalue weighted by Crippen LogP contribution is -2.05. The Labute approximate surface area is 159 Å². The summed E-state index contributed by atoms with van der Waals surface area (Å²) >= 11 is 18.9. The fraction of sp³-hybridized carbons (Fsp3) is 0.111. The molecule has 0 aliphatic rings. The molecule has 2 aromatic carbocycles. The van der Waals surface area contributed by atoms with Crippen LogP contribution in [-0.2, 0) is 4.74 Å². The second-order valence-corrected chi connectivity index (χ2v) is 6.27. The van der Waals surface area contributed by atoms with Crippen molar-refractivity contribution in [2.75, 3.05) is 14.2 Å². The molecule has 0 saturated heterocycles. The summed E-state index contributed by atoms with van der Waals surface area (Å²) in [6.07, 6.45) is 0. The van der Waals surface area contributed by atoms with Crippen LogP contribution in [0, 0.1) is 0 Å². The standard InChI is InChI=1S/C18H12Cl3NO3/c1-24-17-13(20)11-7-8-12(19)14(21)15(11)22-16(17)9-5-3-4-6-10(9)18(23)25-2/h3-8H,1-2H3. The van der Waals surface area contributed by atoms with Crippen molar-refractivity contribution in [2.24, 2.45) is 0 Å². The first kappa shape index (κ1) is 17.8. The minimum Gasteiger partial charge on any atom is -0.493 e. The van der Waals surface area contributed by atoms with Crippen LogP contribution < -0.4 is 4.74 Å². The molecule has 0 atom stereocenters. The molecular weight excluding hydrogens is 385 g/mol. The summed E-state index contributed by atoms with van der Waals surface area (Å²) in [4.78, 5) is 16.7. The highest BCUT2D eigenvalue weighted by molar-refractivity contribution is 6.46. The van der Waals surface area contributed by atoms with E-state index in [4.69, 9.17) is 44.3 Å². The van der Waals surface area contributed by atoms with E-state index in [-0.39, 0.29) is 5.02 Å². The zero-order chi connectivity index (χ0) is 18.1. The van der Waals surface area contributed by atoms with Crippen LogP contribution in [0.2, 0.25) is 15.1 Å². The predicted molar refractivity (Wildman–Crippen MR) is 100 cm³/mol. The highest BCUT2D eigenvalue weighted by Gasteiger charge is 2.22. The Bertz CT molecular complexity index is 989. The first-order valence-electron chi connectivity index (χ1n) is 7.18. The van der Waals surface area contributed by atoms with Crippen molar-refractivity contribution in [1.82, 2.24) is 4.98 Å². The molecule has 4 nitrogen and oxygen atoms in total. The minimum absolute atomic E-state index is 0.278. The minimum atomic E-state index is -0.493. The quantitative estimate of drug-likeness (QED) is 0.536. The number of halogens is 3. The number of hydrogen-bond acceptors (Lipinski definition) is 4. The largest absolute Gasteiger partial charge is 0.493 e. The molecule has 0 N–H and O–H groups in total. The van der Waals surface area contributed by atoms with E-state index in [1.54, 1.807) is 36.4 Å². The van der Waals surface area contributed by atoms with Crippen LogP contribution in [0.3, 0.4) is 0 Å². The number of carbonyl (C=O) groups is 1. The molecule has 1 aromatic heterocycles. The maximum atomic E-state index is 12.1. The molecule has 0 spiro atoms. The van der Waals surface area contributed by atoms with Crippen LogP contribution in [-0.4, -0.2) is 25.2 Å². The highest BCUT2D eigenvalue weighted by atomic mass is 35.5. The number of carbonyl (C=O) groups excluding carboxylic acids is 1. The average Bonchev–Trinajstić information content (AvgIpc) is 2.64. The molecule has 3 rings (SSSR count). The first-order chi connectivity index (χ1) is 12.0. The Kier molecular flexibility index (Phi) is 5.04. The molecule has 25 heavy (non-hydrogen) atoms. The molecule has 0 amide bonds. The number of pyridine rings is 1. The molecule has 0 unspecified atom stereocenters. The molecule has 0 fully saturated rings. The lowest BCUT2D eigenvalue weighted by atomic mass is 10.0. The van der Waals surface area contributed by atoms with E-state index >= 15 is 0 Å². The highest BCUT2D eigenvalue weighted by Crippen LogP contribution is 2.43. The second-order valence-electron chi connectivity index (χ2n) is 5.10. The van der Waals surface area contributed by atoms with Crippen LogP contribution in [0.5, 0.6) is 5.75 Å². The molecule has 7 heteroatoms. The fourth-order valence-electron chi connectivity index (χ4n) is 2.56. The van der Waals surface area contributed by atoms with Gasteiger partial charge in [-0.2, -0.15) is 0 Å². The van der Waals surface area contributed by atoms with Crippen molar-refractivity contribution >= 4 is 51.7 Å². The van der Waals surface area contributed by atoms with E-state index in [2.05, 4.69) is 4.98 Å². The van der Waals surface area contributed by atoms with E-state index < -0.39 is 5.97 Å². The molecule has 1 heterocycles. The van der Waals surface area contributed by atoms with Gasteiger partial charge in [-0.3, -0.25) is 0 Å². The fourth-order valence-corrected chi connectivity index (χ4v) is 3.24. The zero-order valence-corrected chi connectivity index (χ0v) is 15.5. The second kappa shape index (κ2) is 7.08. The van der Waals surface area contributed by atoms with E-state index in [9.17, 15) is 4.79 Å². The molecule has 0 bridgehead atoms. The summed E-state index contributed by atoms with van der Waals surface area (Å²) in [5.41, 5.74) is 1.66. The molecule has 0 aliphatic carbocycles. The number of benzene rings is 2. The van der Waals surface area contributed by atoms with Gasteiger partial charge in [0.2, 0.25) is 0 Å². The van der Waals surface area contributed by atoms with Crippen molar-refractivity contribution in [2.45, 2.75) is 0 Å². The number of aromatic nitrogens is 1. The normalized spacial score (nSPS) is 10.8. The molecule has 128 valence electrons. The summed E-state index contributed by atoms with van der Waals surface area (Å²) < 4.78 is 10.3. The van der Waals surface area contributed by atoms with E-state index in [1.807, 2.05) is 0 Å². The number of methoxy groups -OCH3 is 2. The smallest absolute Gasteiger partial charge is 0.338 e. The molecule has 0 radical (unpaired) electrons. The number of rotatable bonds is 3. The average molecular weight is 397 g/mol. The van der Waals surface area contributed by atoms with Crippen molar-refractivity contribution in [3.63, 3.8) is 0 Å². The Morgan fingerprint density at radius 2 is 1.72 bits per heavy atom. The van der Waals surface area contributed by atoms with Gasteiger partial charge in [-0.15, -0.1) is 0 Å². The molecule has 0 saturated carbocycles. The van der Waals surface area contributed by atoms with Gasteiger partial charge in [0.1, 0.15) is 5.69 Å². The Morgan fingerprint density at radius 3 is 2.40 bits per heavy atom. The Hall–Kier alpha value is -2.01. The van der Waals surface area contributed by atoms with Gasteiger partial charge in [-0.05, 0) is 18.2 Å². The molecular formula is C18H12Cl3NO3. The summed E-state index contributed by atoms with van der Waals surface area (Å²) in [6, 6.07) is 10.2. The lowest BCUT2D eigenvalue weighted by Gasteiger charge is -2.15. The van der Waals surface area contributed by atoms with Crippen LogP contribution in [0.15, 0.2) is 36.4 Å². The monoisotopic (exact) mass is 395 g/mol. The summed E-state index contributed by atoms with van der Waals surface area (Å²) in [6.45, 7) is 0. The third kappa shape index (κ3) is 3.01. The van der Waals surface area contributed by atoms with Crippen molar-refractivity contribution < 1.29 is 14.3 Å². The van der Waals surface area contributed by atoms with Crippen molar-refractivity contribution in [3.05, 3.63) is 57.0 Å². The Balaban J connectivity index is 2.41.